The number of hydrogen-bond donors (Lipinski definition) is 1. The maximum absolute atomic E-state index is 12.2. The van der Waals surface area contributed by atoms with Crippen molar-refractivity contribution in [1.29, 1.82) is 0 Å². The Morgan fingerprint density at radius 3 is 2.68 bits per heavy atom. The average Bonchev–Trinajstić information content (AvgIpc) is 2.96. The number of carbonyl (C=O) groups excluding carboxylic acids is 1. The maximum Gasteiger partial charge on any atom is 0.252 e. The minimum absolute atomic E-state index is 0.0232. The van der Waals surface area contributed by atoms with Crippen LogP contribution in [0.25, 0.3) is 17.0 Å². The van der Waals surface area contributed by atoms with E-state index in [1.54, 1.807) is 40.9 Å². The van der Waals surface area contributed by atoms with E-state index in [9.17, 15) is 13.6 Å². The summed E-state index contributed by atoms with van der Waals surface area (Å²) in [5.74, 6) is 0.279. The first-order chi connectivity index (χ1) is 11.8. The SMILES string of the molecule is CC(C)NC(=O)c1ccc2nnc(-c3cccc([S+](C)(=O)[O-])c3)n2c1. The summed E-state index contributed by atoms with van der Waals surface area (Å²) in [5, 5.41) is 11.0. The molecule has 3 rings (SSSR count). The van der Waals surface area contributed by atoms with Gasteiger partial charge in [-0.1, -0.05) is 12.1 Å². The number of pyridine rings is 1. The number of sulfone groups is 1. The average molecular weight is 358 g/mol. The molecule has 0 saturated heterocycles. The zero-order valence-corrected chi connectivity index (χ0v) is 14.9. The highest BCUT2D eigenvalue weighted by molar-refractivity contribution is 7.97. The Labute approximate surface area is 146 Å². The molecule has 1 atom stereocenters. The van der Waals surface area contributed by atoms with Crippen molar-refractivity contribution in [3.63, 3.8) is 0 Å². The third-order valence-corrected chi connectivity index (χ3v) is 4.71. The van der Waals surface area contributed by atoms with Gasteiger partial charge in [0, 0.05) is 23.9 Å². The highest BCUT2D eigenvalue weighted by Gasteiger charge is 2.16. The van der Waals surface area contributed by atoms with Crippen LogP contribution in [0, 0.1) is 0 Å². The second-order valence-electron chi connectivity index (χ2n) is 6.10. The molecule has 0 spiro atoms. The van der Waals surface area contributed by atoms with E-state index in [4.69, 9.17) is 0 Å². The van der Waals surface area contributed by atoms with Gasteiger partial charge in [-0.25, -0.2) is 0 Å². The number of fused-ring (bicyclic) bond motifs is 1. The monoisotopic (exact) mass is 358 g/mol. The lowest BCUT2D eigenvalue weighted by Crippen LogP contribution is -2.30. The Hall–Kier alpha value is -2.58. The molecule has 1 amide bonds. The summed E-state index contributed by atoms with van der Waals surface area (Å²) >= 11 is 0. The van der Waals surface area contributed by atoms with Crippen molar-refractivity contribution in [1.82, 2.24) is 19.9 Å². The Morgan fingerprint density at radius 2 is 2.00 bits per heavy atom. The summed E-state index contributed by atoms with van der Waals surface area (Å²) < 4.78 is 25.2. The number of nitrogens with zero attached hydrogens (tertiary/aromatic N) is 3. The van der Waals surface area contributed by atoms with Gasteiger partial charge >= 0.3 is 0 Å². The molecule has 7 nitrogen and oxygen atoms in total. The van der Waals surface area contributed by atoms with Gasteiger partial charge in [0.05, 0.1) is 15.8 Å². The van der Waals surface area contributed by atoms with Gasteiger partial charge in [0.2, 0.25) is 0 Å². The van der Waals surface area contributed by atoms with Crippen LogP contribution in [-0.4, -0.2) is 37.4 Å². The molecular weight excluding hydrogens is 340 g/mol. The van der Waals surface area contributed by atoms with Crippen molar-refractivity contribution >= 4 is 21.8 Å². The first-order valence-corrected chi connectivity index (χ1v) is 9.61. The third kappa shape index (κ3) is 3.59. The van der Waals surface area contributed by atoms with Crippen LogP contribution in [0.3, 0.4) is 0 Å². The Morgan fingerprint density at radius 1 is 1.24 bits per heavy atom. The summed E-state index contributed by atoms with van der Waals surface area (Å²) in [6.07, 6.45) is 2.80. The number of carbonyl (C=O) groups is 1. The standard InChI is InChI=1S/C17H18N4O3S/c1-11(2)18-17(22)13-7-8-15-19-20-16(21(15)10-13)12-5-4-6-14(9-12)25(3,23)24/h4-11H,1-3H3,(H-,18,22,23,24). The topological polar surface area (TPSA) is 99.4 Å². The smallest absolute Gasteiger partial charge is 0.252 e. The molecular formula is C17H18N4O3S. The van der Waals surface area contributed by atoms with E-state index in [0.29, 0.717) is 22.6 Å². The second-order valence-corrected chi connectivity index (χ2v) is 8.11. The lowest BCUT2D eigenvalue weighted by Gasteiger charge is -2.10. The summed E-state index contributed by atoms with van der Waals surface area (Å²) in [6, 6.07) is 9.89. The minimum atomic E-state index is -3.33. The van der Waals surface area contributed by atoms with Gasteiger partial charge in [-0.2, -0.15) is 0 Å². The number of amides is 1. The fraction of sp³-hybridized carbons (Fsp3) is 0.235. The Balaban J connectivity index is 2.09. The first kappa shape index (κ1) is 17.2. The fourth-order valence-electron chi connectivity index (χ4n) is 2.43. The molecule has 3 aromatic rings. The summed E-state index contributed by atoms with van der Waals surface area (Å²) in [4.78, 5) is 12.4. The van der Waals surface area contributed by atoms with E-state index in [2.05, 4.69) is 15.5 Å². The quantitative estimate of drug-likeness (QED) is 0.721. The van der Waals surface area contributed by atoms with E-state index in [1.165, 1.54) is 6.07 Å². The van der Waals surface area contributed by atoms with Crippen LogP contribution in [0.1, 0.15) is 24.2 Å². The maximum atomic E-state index is 12.2. The summed E-state index contributed by atoms with van der Waals surface area (Å²) in [6.45, 7) is 3.77. The molecule has 8 heteroatoms. The van der Waals surface area contributed by atoms with Gasteiger partial charge in [0.25, 0.3) is 5.91 Å². The fourth-order valence-corrected chi connectivity index (χ4v) is 3.10. The zero-order valence-electron chi connectivity index (χ0n) is 14.1. The molecule has 0 aliphatic carbocycles. The number of benzene rings is 1. The lowest BCUT2D eigenvalue weighted by molar-refractivity contribution is 0.0942. The first-order valence-electron chi connectivity index (χ1n) is 7.72. The Kier molecular flexibility index (Phi) is 4.40. The van der Waals surface area contributed by atoms with Crippen LogP contribution in [0.4, 0.5) is 0 Å². The van der Waals surface area contributed by atoms with Crippen LogP contribution in [0.15, 0.2) is 47.5 Å². The molecule has 2 aromatic heterocycles. The highest BCUT2D eigenvalue weighted by atomic mass is 32.3. The molecule has 2 heterocycles. The predicted octanol–water partition coefficient (Wildman–Crippen LogP) is 2.15. The molecule has 1 N–H and O–H groups in total. The molecule has 0 aliphatic heterocycles. The summed E-state index contributed by atoms with van der Waals surface area (Å²) in [5.41, 5.74) is 1.65. The van der Waals surface area contributed by atoms with Crippen molar-refractivity contribution in [2.24, 2.45) is 0 Å². The van der Waals surface area contributed by atoms with Gasteiger partial charge < -0.3 is 9.87 Å². The van der Waals surface area contributed by atoms with E-state index >= 15 is 0 Å². The zero-order chi connectivity index (χ0) is 18.2. The van der Waals surface area contributed by atoms with Gasteiger partial charge in [-0.05, 0) is 32.0 Å². The predicted molar refractivity (Wildman–Crippen MR) is 94.0 cm³/mol. The molecule has 1 aromatic carbocycles. The van der Waals surface area contributed by atoms with E-state index < -0.39 is 10.2 Å². The van der Waals surface area contributed by atoms with Crippen molar-refractivity contribution in [2.75, 3.05) is 6.26 Å². The molecule has 0 fully saturated rings. The molecule has 0 saturated carbocycles. The van der Waals surface area contributed by atoms with Crippen molar-refractivity contribution in [3.05, 3.63) is 48.2 Å². The van der Waals surface area contributed by atoms with Gasteiger partial charge in [0.15, 0.2) is 16.4 Å². The van der Waals surface area contributed by atoms with Crippen LogP contribution < -0.4 is 5.32 Å². The third-order valence-electron chi connectivity index (χ3n) is 3.60. The lowest BCUT2D eigenvalue weighted by atomic mass is 10.2. The largest absolute Gasteiger partial charge is 0.610 e. The van der Waals surface area contributed by atoms with Gasteiger partial charge in [-0.15, -0.1) is 14.4 Å². The molecule has 130 valence electrons. The van der Waals surface area contributed by atoms with E-state index in [1.807, 2.05) is 13.8 Å². The number of hydrogen-bond acceptors (Lipinski definition) is 5. The minimum Gasteiger partial charge on any atom is -0.610 e. The van der Waals surface area contributed by atoms with Crippen LogP contribution in [0.5, 0.6) is 0 Å². The van der Waals surface area contributed by atoms with Crippen molar-refractivity contribution in [2.45, 2.75) is 24.8 Å². The molecule has 1 unspecified atom stereocenters. The van der Waals surface area contributed by atoms with Crippen LogP contribution >= 0.6 is 0 Å². The van der Waals surface area contributed by atoms with Crippen molar-refractivity contribution in [3.8, 4) is 11.4 Å². The highest BCUT2D eigenvalue weighted by Crippen LogP contribution is 2.23. The molecule has 0 bridgehead atoms. The summed E-state index contributed by atoms with van der Waals surface area (Å²) in [7, 11) is -3.33. The number of aromatic nitrogens is 3. The molecule has 25 heavy (non-hydrogen) atoms. The van der Waals surface area contributed by atoms with Gasteiger partial charge in [0.1, 0.15) is 6.26 Å². The molecule has 0 aliphatic rings. The second kappa shape index (κ2) is 6.38. The normalized spacial score (nSPS) is 13.8. The van der Waals surface area contributed by atoms with Crippen molar-refractivity contribution < 1.29 is 13.6 Å². The van der Waals surface area contributed by atoms with Crippen LogP contribution in [0.2, 0.25) is 0 Å². The Bertz CT molecular complexity index is 990. The molecule has 0 radical (unpaired) electrons. The number of rotatable bonds is 4. The van der Waals surface area contributed by atoms with Gasteiger partial charge in [-0.3, -0.25) is 9.20 Å². The van der Waals surface area contributed by atoms with E-state index in [-0.39, 0.29) is 16.8 Å². The van der Waals surface area contributed by atoms with Crippen LogP contribution in [-0.2, 0) is 14.4 Å². The van der Waals surface area contributed by atoms with E-state index in [0.717, 1.165) is 6.26 Å². The number of nitrogens with one attached hydrogen (secondary N) is 1.